The second kappa shape index (κ2) is 9.89. The Kier molecular flexibility index (Phi) is 7.28. The molecule has 3 rings (SSSR count). The minimum Gasteiger partial charge on any atom is -0.593 e. The molecular weight excluding hydrogens is 390 g/mol. The van der Waals surface area contributed by atoms with Gasteiger partial charge in [-0.05, 0) is 48.6 Å². The molecule has 0 unspecified atom stereocenters. The van der Waals surface area contributed by atoms with Gasteiger partial charge in [-0.25, -0.2) is 0 Å². The van der Waals surface area contributed by atoms with E-state index in [1.807, 2.05) is 67.6 Å². The molecule has 3 aromatic rings. The molecule has 1 N–H and O–H groups in total. The van der Waals surface area contributed by atoms with E-state index in [0.29, 0.717) is 11.5 Å². The number of esters is 1. The van der Waals surface area contributed by atoms with Crippen LogP contribution in [0.15, 0.2) is 70.9 Å². The Bertz CT molecular complexity index is 894. The molecule has 1 aromatic heterocycles. The predicted molar refractivity (Wildman–Crippen MR) is 114 cm³/mol. The zero-order valence-corrected chi connectivity index (χ0v) is 17.5. The van der Waals surface area contributed by atoms with Crippen molar-refractivity contribution in [3.05, 3.63) is 76.5 Å². The number of carbonyl (C=O) groups is 1. The Morgan fingerprint density at radius 3 is 2.54 bits per heavy atom. The van der Waals surface area contributed by atoms with Gasteiger partial charge < -0.3 is 9.29 Å². The van der Waals surface area contributed by atoms with Crippen LogP contribution in [0.5, 0.6) is 0 Å². The van der Waals surface area contributed by atoms with Gasteiger partial charge in [-0.15, -0.1) is 16.1 Å². The maximum absolute atomic E-state index is 12.8. The van der Waals surface area contributed by atoms with Crippen LogP contribution in [0.3, 0.4) is 0 Å². The van der Waals surface area contributed by atoms with Gasteiger partial charge in [0, 0.05) is 4.88 Å². The number of rotatable bonds is 8. The van der Waals surface area contributed by atoms with Crippen LogP contribution in [0, 0.1) is 6.92 Å². The lowest BCUT2D eigenvalue weighted by Gasteiger charge is -2.18. The van der Waals surface area contributed by atoms with Gasteiger partial charge in [0.25, 0.3) is 0 Å². The molecule has 4 nitrogen and oxygen atoms in total. The minimum absolute atomic E-state index is 0.125. The maximum Gasteiger partial charge on any atom is 0.307 e. The molecule has 0 amide bonds. The van der Waals surface area contributed by atoms with Crippen molar-refractivity contribution in [3.63, 3.8) is 0 Å². The number of thiophene rings is 1. The summed E-state index contributed by atoms with van der Waals surface area (Å²) in [5, 5.41) is 2.05. The molecule has 0 bridgehead atoms. The van der Waals surface area contributed by atoms with Crippen molar-refractivity contribution < 1.29 is 14.1 Å². The molecule has 0 spiro atoms. The van der Waals surface area contributed by atoms with Crippen molar-refractivity contribution in [2.75, 3.05) is 6.61 Å². The first-order valence-corrected chi connectivity index (χ1v) is 11.1. The van der Waals surface area contributed by atoms with Crippen LogP contribution in [0.1, 0.15) is 29.8 Å². The lowest BCUT2D eigenvalue weighted by atomic mass is 10.1. The van der Waals surface area contributed by atoms with E-state index in [0.717, 1.165) is 21.6 Å². The van der Waals surface area contributed by atoms with Gasteiger partial charge in [-0.1, -0.05) is 48.0 Å². The number of hydrogen-bond acceptors (Lipinski definition) is 5. The first-order chi connectivity index (χ1) is 13.6. The summed E-state index contributed by atoms with van der Waals surface area (Å²) < 4.78 is 21.0. The summed E-state index contributed by atoms with van der Waals surface area (Å²) in [6, 6.07) is 19.2. The molecule has 0 aliphatic carbocycles. The van der Waals surface area contributed by atoms with Crippen LogP contribution in [0.4, 0.5) is 0 Å². The van der Waals surface area contributed by atoms with Crippen LogP contribution >= 0.6 is 11.3 Å². The summed E-state index contributed by atoms with van der Waals surface area (Å²) in [4.78, 5) is 13.7. The Balaban J connectivity index is 1.81. The van der Waals surface area contributed by atoms with E-state index in [4.69, 9.17) is 4.74 Å². The van der Waals surface area contributed by atoms with Crippen molar-refractivity contribution >= 4 is 28.7 Å². The quantitative estimate of drug-likeness (QED) is 0.416. The molecule has 0 fully saturated rings. The summed E-state index contributed by atoms with van der Waals surface area (Å²) in [7, 11) is 0. The Hall–Kier alpha value is -2.12. The molecule has 0 radical (unpaired) electrons. The Morgan fingerprint density at radius 2 is 1.86 bits per heavy atom. The van der Waals surface area contributed by atoms with E-state index < -0.39 is 11.4 Å². The third-order valence-electron chi connectivity index (χ3n) is 4.23. The molecule has 2 atom stereocenters. The molecule has 1 heterocycles. The Morgan fingerprint density at radius 1 is 1.14 bits per heavy atom. The number of ether oxygens (including phenoxy) is 1. The lowest BCUT2D eigenvalue weighted by molar-refractivity contribution is -0.143. The van der Waals surface area contributed by atoms with E-state index in [1.54, 1.807) is 18.3 Å². The summed E-state index contributed by atoms with van der Waals surface area (Å²) in [6.45, 7) is 4.09. The van der Waals surface area contributed by atoms with Gasteiger partial charge in [0.1, 0.15) is 0 Å². The fourth-order valence-corrected chi connectivity index (χ4v) is 4.79. The van der Waals surface area contributed by atoms with E-state index in [2.05, 4.69) is 10.1 Å². The van der Waals surface area contributed by atoms with Gasteiger partial charge in [0.2, 0.25) is 0 Å². The smallest absolute Gasteiger partial charge is 0.307 e. The van der Waals surface area contributed by atoms with E-state index in [1.165, 1.54) is 0 Å². The second-order valence-corrected chi connectivity index (χ2v) is 8.55. The highest BCUT2D eigenvalue weighted by Gasteiger charge is 2.25. The van der Waals surface area contributed by atoms with Gasteiger partial charge in [-0.3, -0.25) is 4.79 Å². The fraction of sp³-hybridized carbons (Fsp3) is 0.227. The van der Waals surface area contributed by atoms with Gasteiger partial charge in [0.05, 0.1) is 30.4 Å². The van der Waals surface area contributed by atoms with Gasteiger partial charge in [-0.2, -0.15) is 0 Å². The number of aryl methyl sites for hydroxylation is 1. The third kappa shape index (κ3) is 5.45. The van der Waals surface area contributed by atoms with Crippen LogP contribution < -0.4 is 4.72 Å². The first kappa shape index (κ1) is 20.6. The maximum atomic E-state index is 12.8. The molecule has 0 aliphatic rings. The molecule has 28 heavy (non-hydrogen) atoms. The van der Waals surface area contributed by atoms with Crippen molar-refractivity contribution in [1.29, 1.82) is 0 Å². The summed E-state index contributed by atoms with van der Waals surface area (Å²) in [6.07, 6.45) is 0.125. The normalized spacial score (nSPS) is 13.1. The number of hydrogen-bond donors (Lipinski definition) is 1. The molecule has 0 saturated heterocycles. The van der Waals surface area contributed by atoms with E-state index in [9.17, 15) is 9.35 Å². The van der Waals surface area contributed by atoms with Crippen LogP contribution in [-0.4, -0.2) is 17.1 Å². The highest BCUT2D eigenvalue weighted by atomic mass is 32.2. The van der Waals surface area contributed by atoms with Gasteiger partial charge >= 0.3 is 5.97 Å². The van der Waals surface area contributed by atoms with E-state index in [-0.39, 0.29) is 18.4 Å². The highest BCUT2D eigenvalue weighted by Crippen LogP contribution is 2.32. The molecule has 2 aromatic carbocycles. The third-order valence-corrected chi connectivity index (χ3v) is 6.48. The minimum atomic E-state index is -1.43. The molecular formula is C22H23NO3S2. The standard InChI is InChI=1S/C22H23NO3S2/c1-3-26-22(24)14-20(23-28(25)19-11-9-16(2)10-12-19)21-13-18(15-27-21)17-7-5-4-6-8-17/h4-13,15,20,23H,3,14H2,1-2H3/t20-,28+/m0/s1. The molecule has 6 heteroatoms. The zero-order chi connectivity index (χ0) is 19.9. The SMILES string of the molecule is CCOC(=O)C[C@H](N[S@+]([O-])c1ccc(C)cc1)c1cc(-c2ccccc2)cs1. The highest BCUT2D eigenvalue weighted by molar-refractivity contribution is 7.89. The lowest BCUT2D eigenvalue weighted by Crippen LogP contribution is -2.30. The van der Waals surface area contributed by atoms with E-state index >= 15 is 0 Å². The summed E-state index contributed by atoms with van der Waals surface area (Å²) in [5.41, 5.74) is 3.30. The fourth-order valence-electron chi connectivity index (χ4n) is 2.76. The van der Waals surface area contributed by atoms with Crippen LogP contribution in [0.25, 0.3) is 11.1 Å². The largest absolute Gasteiger partial charge is 0.593 e. The summed E-state index contributed by atoms with van der Waals surface area (Å²) in [5.74, 6) is -0.310. The predicted octanol–water partition coefficient (Wildman–Crippen LogP) is 5.03. The van der Waals surface area contributed by atoms with Crippen LogP contribution in [-0.2, 0) is 20.9 Å². The van der Waals surface area contributed by atoms with Crippen molar-refractivity contribution in [2.45, 2.75) is 31.2 Å². The average molecular weight is 414 g/mol. The molecule has 0 aliphatic heterocycles. The van der Waals surface area contributed by atoms with Crippen LogP contribution in [0.2, 0.25) is 0 Å². The zero-order valence-electron chi connectivity index (χ0n) is 15.9. The van der Waals surface area contributed by atoms with Crippen molar-refractivity contribution in [3.8, 4) is 11.1 Å². The Labute approximate surface area is 172 Å². The average Bonchev–Trinajstić information content (AvgIpc) is 3.19. The first-order valence-electron chi connectivity index (χ1n) is 9.11. The van der Waals surface area contributed by atoms with Crippen molar-refractivity contribution in [2.24, 2.45) is 0 Å². The number of nitrogens with one attached hydrogen (secondary N) is 1. The van der Waals surface area contributed by atoms with Crippen molar-refractivity contribution in [1.82, 2.24) is 4.72 Å². The van der Waals surface area contributed by atoms with Gasteiger partial charge in [0.15, 0.2) is 4.90 Å². The molecule has 146 valence electrons. The summed E-state index contributed by atoms with van der Waals surface area (Å²) >= 11 is 0.119. The number of benzene rings is 2. The topological polar surface area (TPSA) is 61.4 Å². The monoisotopic (exact) mass is 413 g/mol. The second-order valence-electron chi connectivity index (χ2n) is 6.37. The number of carbonyl (C=O) groups excluding carboxylic acids is 1. The molecule has 0 saturated carbocycles.